The van der Waals surface area contributed by atoms with E-state index in [1.54, 1.807) is 12.1 Å². The molecule has 0 atom stereocenters. The molecule has 1 aromatic carbocycles. The highest BCUT2D eigenvalue weighted by Crippen LogP contribution is 2.23. The van der Waals surface area contributed by atoms with Crippen LogP contribution in [0.1, 0.15) is 15.2 Å². The van der Waals surface area contributed by atoms with Gasteiger partial charge < -0.3 is 0 Å². The normalized spacial score (nSPS) is 10.3. The molecule has 0 saturated carbocycles. The maximum atomic E-state index is 13.0. The minimum absolute atomic E-state index is 0.156. The lowest BCUT2D eigenvalue weighted by atomic mass is 10.1. The van der Waals surface area contributed by atoms with Crippen LogP contribution in [0.2, 0.25) is 0 Å². The largest absolute Gasteiger partial charge is 0.288 e. The minimum atomic E-state index is -0.405. The number of carbonyl (C=O) groups is 1. The molecule has 1 nitrogen and oxygen atoms in total. The van der Waals surface area contributed by atoms with Gasteiger partial charge >= 0.3 is 0 Å². The number of thiophene rings is 1. The fourth-order valence-corrected chi connectivity index (χ4v) is 2.32. The van der Waals surface area contributed by atoms with Crippen molar-refractivity contribution in [2.45, 2.75) is 0 Å². The van der Waals surface area contributed by atoms with Gasteiger partial charge in [-0.25, -0.2) is 4.39 Å². The molecule has 0 spiro atoms. The highest BCUT2D eigenvalue weighted by Gasteiger charge is 2.13. The molecule has 15 heavy (non-hydrogen) atoms. The second kappa shape index (κ2) is 4.24. The van der Waals surface area contributed by atoms with Gasteiger partial charge in [0, 0.05) is 10.0 Å². The summed E-state index contributed by atoms with van der Waals surface area (Å²) in [6, 6.07) is 7.62. The van der Waals surface area contributed by atoms with E-state index in [1.807, 2.05) is 5.38 Å². The summed E-state index contributed by atoms with van der Waals surface area (Å²) in [5, 5.41) is 1.82. The van der Waals surface area contributed by atoms with Crippen LogP contribution in [0.3, 0.4) is 0 Å². The number of ketones is 1. The van der Waals surface area contributed by atoms with Crippen molar-refractivity contribution in [1.29, 1.82) is 0 Å². The first-order valence-corrected chi connectivity index (χ1v) is 5.89. The lowest BCUT2D eigenvalue weighted by molar-refractivity contribution is 0.104. The molecule has 0 aliphatic rings. The van der Waals surface area contributed by atoms with Gasteiger partial charge in [-0.3, -0.25) is 4.79 Å². The smallest absolute Gasteiger partial charge is 0.204 e. The number of carbonyl (C=O) groups excluding carboxylic acids is 1. The van der Waals surface area contributed by atoms with Gasteiger partial charge in [0.2, 0.25) is 5.78 Å². The summed E-state index contributed by atoms with van der Waals surface area (Å²) in [7, 11) is 0. The molecule has 2 aromatic rings. The molecule has 0 aliphatic heterocycles. The Labute approximate surface area is 98.7 Å². The van der Waals surface area contributed by atoms with Gasteiger partial charge in [0.05, 0.1) is 4.88 Å². The second-order valence-corrected chi connectivity index (χ2v) is 4.73. The Balaban J connectivity index is 2.46. The van der Waals surface area contributed by atoms with E-state index >= 15 is 0 Å². The third-order valence-corrected chi connectivity index (χ3v) is 3.48. The number of hydrogen-bond acceptors (Lipinski definition) is 2. The molecular formula is C11H6BrFOS. The average Bonchev–Trinajstić information content (AvgIpc) is 2.74. The maximum Gasteiger partial charge on any atom is 0.204 e. The lowest BCUT2D eigenvalue weighted by Gasteiger charge is -2.01. The van der Waals surface area contributed by atoms with Crippen LogP contribution in [0.5, 0.6) is 0 Å². The number of hydrogen-bond donors (Lipinski definition) is 0. The number of benzene rings is 1. The van der Waals surface area contributed by atoms with E-state index in [0.29, 0.717) is 14.9 Å². The van der Waals surface area contributed by atoms with Crippen molar-refractivity contribution in [3.63, 3.8) is 0 Å². The van der Waals surface area contributed by atoms with Crippen molar-refractivity contribution in [2.24, 2.45) is 0 Å². The number of rotatable bonds is 2. The first-order chi connectivity index (χ1) is 7.18. The Morgan fingerprint density at radius 3 is 2.80 bits per heavy atom. The molecule has 0 unspecified atom stereocenters. The summed E-state index contributed by atoms with van der Waals surface area (Å²) < 4.78 is 13.6. The van der Waals surface area contributed by atoms with E-state index in [0.717, 1.165) is 0 Å². The third kappa shape index (κ3) is 2.16. The molecule has 0 fully saturated rings. The fraction of sp³-hybridized carbons (Fsp3) is 0. The van der Waals surface area contributed by atoms with Crippen molar-refractivity contribution in [3.8, 4) is 0 Å². The van der Waals surface area contributed by atoms with Gasteiger partial charge in [0.25, 0.3) is 0 Å². The lowest BCUT2D eigenvalue weighted by Crippen LogP contribution is -2.00. The predicted octanol–water partition coefficient (Wildman–Crippen LogP) is 3.88. The Kier molecular flexibility index (Phi) is 2.98. The van der Waals surface area contributed by atoms with Crippen molar-refractivity contribution in [2.75, 3.05) is 0 Å². The third-order valence-electron chi connectivity index (χ3n) is 1.92. The monoisotopic (exact) mass is 284 g/mol. The van der Waals surface area contributed by atoms with Gasteiger partial charge in [0.1, 0.15) is 5.82 Å². The first kappa shape index (κ1) is 10.5. The highest BCUT2D eigenvalue weighted by molar-refractivity contribution is 9.10. The quantitative estimate of drug-likeness (QED) is 0.765. The molecule has 2 rings (SSSR count). The first-order valence-electron chi connectivity index (χ1n) is 4.22. The van der Waals surface area contributed by atoms with Crippen LogP contribution < -0.4 is 0 Å². The average molecular weight is 285 g/mol. The van der Waals surface area contributed by atoms with Crippen molar-refractivity contribution < 1.29 is 9.18 Å². The summed E-state index contributed by atoms with van der Waals surface area (Å²) in [6.07, 6.45) is 0. The van der Waals surface area contributed by atoms with Crippen LogP contribution in [0.15, 0.2) is 40.2 Å². The van der Waals surface area contributed by atoms with Gasteiger partial charge in [-0.1, -0.05) is 22.0 Å². The van der Waals surface area contributed by atoms with Crippen LogP contribution >= 0.6 is 27.3 Å². The van der Waals surface area contributed by atoms with Crippen LogP contribution in [-0.4, -0.2) is 5.78 Å². The Morgan fingerprint density at radius 1 is 1.33 bits per heavy atom. The van der Waals surface area contributed by atoms with Crippen LogP contribution in [-0.2, 0) is 0 Å². The minimum Gasteiger partial charge on any atom is -0.288 e. The van der Waals surface area contributed by atoms with Crippen molar-refractivity contribution >= 4 is 33.0 Å². The Morgan fingerprint density at radius 2 is 2.13 bits per heavy atom. The predicted molar refractivity (Wildman–Crippen MR) is 61.9 cm³/mol. The molecule has 0 radical (unpaired) electrons. The van der Waals surface area contributed by atoms with Gasteiger partial charge in [-0.2, -0.15) is 0 Å². The summed E-state index contributed by atoms with van der Waals surface area (Å²) >= 11 is 4.58. The van der Waals surface area contributed by atoms with Gasteiger partial charge in [-0.15, -0.1) is 11.3 Å². The summed E-state index contributed by atoms with van der Waals surface area (Å²) in [5.74, 6) is -0.561. The Bertz CT molecular complexity index is 493. The molecule has 0 N–H and O–H groups in total. The van der Waals surface area contributed by atoms with Gasteiger partial charge in [0.15, 0.2) is 0 Å². The molecule has 0 saturated heterocycles. The van der Waals surface area contributed by atoms with Crippen LogP contribution in [0.25, 0.3) is 0 Å². The van der Waals surface area contributed by atoms with Crippen LogP contribution in [0, 0.1) is 5.82 Å². The summed E-state index contributed by atoms with van der Waals surface area (Å²) in [5.41, 5.74) is 0.359. The second-order valence-electron chi connectivity index (χ2n) is 2.93. The molecule has 1 heterocycles. The maximum absolute atomic E-state index is 13.0. The standard InChI is InChI=1S/C11H6BrFOS/c12-9-4-3-7(13)6-8(9)11(14)10-2-1-5-15-10/h1-6H. The Hall–Kier alpha value is -1.00. The SMILES string of the molecule is O=C(c1cccs1)c1cc(F)ccc1Br. The molecule has 4 heteroatoms. The van der Waals surface area contributed by atoms with E-state index in [4.69, 9.17) is 0 Å². The van der Waals surface area contributed by atoms with Gasteiger partial charge in [-0.05, 0) is 29.6 Å². The van der Waals surface area contributed by atoms with Crippen molar-refractivity contribution in [1.82, 2.24) is 0 Å². The van der Waals surface area contributed by atoms with E-state index in [1.165, 1.54) is 29.5 Å². The molecule has 0 amide bonds. The molecule has 1 aromatic heterocycles. The van der Waals surface area contributed by atoms with Crippen molar-refractivity contribution in [3.05, 3.63) is 56.4 Å². The van der Waals surface area contributed by atoms with E-state index < -0.39 is 5.82 Å². The van der Waals surface area contributed by atoms with Crippen LogP contribution in [0.4, 0.5) is 4.39 Å². The highest BCUT2D eigenvalue weighted by atomic mass is 79.9. The van der Waals surface area contributed by atoms with E-state index in [2.05, 4.69) is 15.9 Å². The molecular weight excluding hydrogens is 279 g/mol. The molecule has 76 valence electrons. The zero-order chi connectivity index (χ0) is 10.8. The van der Waals surface area contributed by atoms with E-state index in [9.17, 15) is 9.18 Å². The summed E-state index contributed by atoms with van der Waals surface area (Å²) in [4.78, 5) is 12.5. The topological polar surface area (TPSA) is 17.1 Å². The van der Waals surface area contributed by atoms with E-state index in [-0.39, 0.29) is 5.78 Å². The molecule has 0 bridgehead atoms. The molecule has 0 aliphatic carbocycles. The summed E-state index contributed by atoms with van der Waals surface area (Å²) in [6.45, 7) is 0. The number of halogens is 2. The fourth-order valence-electron chi connectivity index (χ4n) is 1.21. The zero-order valence-corrected chi connectivity index (χ0v) is 9.94. The zero-order valence-electron chi connectivity index (χ0n) is 7.54.